The highest BCUT2D eigenvalue weighted by Crippen LogP contribution is 2.21. The van der Waals surface area contributed by atoms with Crippen molar-refractivity contribution in [3.8, 4) is 11.5 Å². The quantitative estimate of drug-likeness (QED) is 0.672. The molecule has 16 heavy (non-hydrogen) atoms. The highest BCUT2D eigenvalue weighted by Gasteiger charge is 2.08. The van der Waals surface area contributed by atoms with E-state index in [1.165, 1.54) is 5.56 Å². The van der Waals surface area contributed by atoms with Gasteiger partial charge >= 0.3 is 0 Å². The molecule has 0 bridgehead atoms. The van der Waals surface area contributed by atoms with Gasteiger partial charge in [-0.1, -0.05) is 0 Å². The van der Waals surface area contributed by atoms with Crippen molar-refractivity contribution >= 4 is 11.0 Å². The number of hydrogen-bond acceptors (Lipinski definition) is 2. The molecule has 0 aliphatic rings. The molecule has 0 atom stereocenters. The SMILES string of the molecule is Cc1cc(-c2nc3ccncc3[nH]2)n(C)c1. The molecule has 3 aromatic heterocycles. The van der Waals surface area contributed by atoms with Crippen molar-refractivity contribution in [1.82, 2.24) is 19.5 Å². The first-order valence-electron chi connectivity index (χ1n) is 5.17. The number of rotatable bonds is 1. The third kappa shape index (κ3) is 1.31. The summed E-state index contributed by atoms with van der Waals surface area (Å²) in [4.78, 5) is 11.9. The topological polar surface area (TPSA) is 46.5 Å². The molecule has 0 aliphatic carbocycles. The summed E-state index contributed by atoms with van der Waals surface area (Å²) in [5.74, 6) is 0.888. The van der Waals surface area contributed by atoms with Gasteiger partial charge in [0.15, 0.2) is 5.82 Å². The van der Waals surface area contributed by atoms with Crippen molar-refractivity contribution < 1.29 is 0 Å². The molecule has 80 valence electrons. The molecule has 0 fully saturated rings. The molecule has 0 unspecified atom stereocenters. The first kappa shape index (κ1) is 9.15. The van der Waals surface area contributed by atoms with Crippen molar-refractivity contribution in [2.75, 3.05) is 0 Å². The van der Waals surface area contributed by atoms with E-state index in [0.717, 1.165) is 22.6 Å². The van der Waals surface area contributed by atoms with Crippen LogP contribution in [0.1, 0.15) is 5.56 Å². The summed E-state index contributed by atoms with van der Waals surface area (Å²) < 4.78 is 2.07. The van der Waals surface area contributed by atoms with Crippen LogP contribution >= 0.6 is 0 Å². The van der Waals surface area contributed by atoms with Crippen LogP contribution in [-0.2, 0) is 7.05 Å². The summed E-state index contributed by atoms with van der Waals surface area (Å²) in [6.07, 6.45) is 5.63. The molecule has 3 heterocycles. The second-order valence-corrected chi connectivity index (χ2v) is 3.99. The summed E-state index contributed by atoms with van der Waals surface area (Å²) in [6.45, 7) is 2.08. The zero-order valence-electron chi connectivity index (χ0n) is 9.23. The van der Waals surface area contributed by atoms with Crippen LogP contribution in [0.25, 0.3) is 22.6 Å². The maximum absolute atomic E-state index is 4.54. The molecular formula is C12H12N4. The second kappa shape index (κ2) is 3.20. The Bertz CT molecular complexity index is 615. The Labute approximate surface area is 93.0 Å². The lowest BCUT2D eigenvalue weighted by molar-refractivity contribution is 0.924. The summed E-state index contributed by atoms with van der Waals surface area (Å²) in [6, 6.07) is 4.02. The van der Waals surface area contributed by atoms with E-state index in [2.05, 4.69) is 38.7 Å². The Balaban J connectivity index is 2.22. The number of aromatic amines is 1. The number of aromatic nitrogens is 4. The fourth-order valence-electron chi connectivity index (χ4n) is 1.94. The van der Waals surface area contributed by atoms with Gasteiger partial charge in [0, 0.05) is 19.4 Å². The molecule has 0 radical (unpaired) electrons. The third-order valence-corrected chi connectivity index (χ3v) is 2.67. The number of aryl methyl sites for hydroxylation is 2. The zero-order chi connectivity index (χ0) is 11.1. The first-order chi connectivity index (χ1) is 7.74. The average molecular weight is 212 g/mol. The average Bonchev–Trinajstić information content (AvgIpc) is 2.81. The predicted octanol–water partition coefficient (Wildman–Crippen LogP) is 2.27. The molecule has 4 nitrogen and oxygen atoms in total. The Morgan fingerprint density at radius 3 is 2.94 bits per heavy atom. The van der Waals surface area contributed by atoms with Crippen LogP contribution in [0, 0.1) is 6.92 Å². The number of nitrogens with one attached hydrogen (secondary N) is 1. The number of pyridine rings is 1. The fraction of sp³-hybridized carbons (Fsp3) is 0.167. The Morgan fingerprint density at radius 1 is 1.38 bits per heavy atom. The van der Waals surface area contributed by atoms with E-state index in [0.29, 0.717) is 0 Å². The number of hydrogen-bond donors (Lipinski definition) is 1. The van der Waals surface area contributed by atoms with E-state index in [1.807, 2.05) is 13.1 Å². The minimum Gasteiger partial charge on any atom is -0.348 e. The molecule has 1 N–H and O–H groups in total. The lowest BCUT2D eigenvalue weighted by Crippen LogP contribution is -1.90. The van der Waals surface area contributed by atoms with E-state index in [-0.39, 0.29) is 0 Å². The highest BCUT2D eigenvalue weighted by molar-refractivity contribution is 5.77. The van der Waals surface area contributed by atoms with Gasteiger partial charge in [0.2, 0.25) is 0 Å². The van der Waals surface area contributed by atoms with Crippen LogP contribution in [0.5, 0.6) is 0 Å². The first-order valence-corrected chi connectivity index (χ1v) is 5.17. The summed E-state index contributed by atoms with van der Waals surface area (Å²) >= 11 is 0. The van der Waals surface area contributed by atoms with Gasteiger partial charge in [-0.25, -0.2) is 4.98 Å². The Morgan fingerprint density at radius 2 is 2.25 bits per heavy atom. The molecule has 4 heteroatoms. The largest absolute Gasteiger partial charge is 0.348 e. The maximum Gasteiger partial charge on any atom is 0.155 e. The van der Waals surface area contributed by atoms with Crippen molar-refractivity contribution in [2.45, 2.75) is 6.92 Å². The number of H-pyrrole nitrogens is 1. The van der Waals surface area contributed by atoms with Gasteiger partial charge in [0.1, 0.15) is 0 Å². The molecule has 0 saturated heterocycles. The monoisotopic (exact) mass is 212 g/mol. The smallest absolute Gasteiger partial charge is 0.155 e. The third-order valence-electron chi connectivity index (χ3n) is 2.67. The van der Waals surface area contributed by atoms with Gasteiger partial charge in [0.25, 0.3) is 0 Å². The van der Waals surface area contributed by atoms with Crippen LogP contribution in [0.15, 0.2) is 30.7 Å². The van der Waals surface area contributed by atoms with Crippen LogP contribution in [0.2, 0.25) is 0 Å². The maximum atomic E-state index is 4.54. The van der Waals surface area contributed by atoms with Crippen LogP contribution in [-0.4, -0.2) is 19.5 Å². The lowest BCUT2D eigenvalue weighted by atomic mass is 10.3. The molecule has 3 rings (SSSR count). The van der Waals surface area contributed by atoms with E-state index >= 15 is 0 Å². The van der Waals surface area contributed by atoms with Gasteiger partial charge in [-0.3, -0.25) is 4.98 Å². The number of fused-ring (bicyclic) bond motifs is 1. The van der Waals surface area contributed by atoms with Crippen LogP contribution < -0.4 is 0 Å². The van der Waals surface area contributed by atoms with Crippen LogP contribution in [0.4, 0.5) is 0 Å². The number of nitrogens with zero attached hydrogens (tertiary/aromatic N) is 3. The van der Waals surface area contributed by atoms with Gasteiger partial charge in [-0.2, -0.15) is 0 Å². The Hall–Kier alpha value is -2.10. The van der Waals surface area contributed by atoms with E-state index in [9.17, 15) is 0 Å². The molecular weight excluding hydrogens is 200 g/mol. The minimum atomic E-state index is 0.888. The zero-order valence-corrected chi connectivity index (χ0v) is 9.23. The van der Waals surface area contributed by atoms with Crippen LogP contribution in [0.3, 0.4) is 0 Å². The van der Waals surface area contributed by atoms with Crippen molar-refractivity contribution in [3.05, 3.63) is 36.3 Å². The van der Waals surface area contributed by atoms with Crippen molar-refractivity contribution in [3.63, 3.8) is 0 Å². The number of imidazole rings is 1. The molecule has 0 amide bonds. The fourth-order valence-corrected chi connectivity index (χ4v) is 1.94. The van der Waals surface area contributed by atoms with Crippen molar-refractivity contribution in [2.24, 2.45) is 7.05 Å². The van der Waals surface area contributed by atoms with E-state index < -0.39 is 0 Å². The normalized spacial score (nSPS) is 11.1. The van der Waals surface area contributed by atoms with E-state index in [1.54, 1.807) is 12.4 Å². The summed E-state index contributed by atoms with van der Waals surface area (Å²) in [5.41, 5.74) is 4.24. The molecule has 0 saturated carbocycles. The highest BCUT2D eigenvalue weighted by atomic mass is 15.0. The Kier molecular flexibility index (Phi) is 1.83. The molecule has 0 spiro atoms. The van der Waals surface area contributed by atoms with Gasteiger partial charge < -0.3 is 9.55 Å². The standard InChI is InChI=1S/C12H12N4/c1-8-5-11(16(2)7-8)12-14-9-3-4-13-6-10(9)15-12/h3-7H,1-2H3,(H,14,15). The predicted molar refractivity (Wildman–Crippen MR) is 63.0 cm³/mol. The van der Waals surface area contributed by atoms with Gasteiger partial charge in [0.05, 0.1) is 22.9 Å². The van der Waals surface area contributed by atoms with E-state index in [4.69, 9.17) is 0 Å². The van der Waals surface area contributed by atoms with Crippen molar-refractivity contribution in [1.29, 1.82) is 0 Å². The minimum absolute atomic E-state index is 0.888. The molecule has 3 aromatic rings. The molecule has 0 aromatic carbocycles. The van der Waals surface area contributed by atoms with Gasteiger partial charge in [-0.05, 0) is 24.6 Å². The van der Waals surface area contributed by atoms with Gasteiger partial charge in [-0.15, -0.1) is 0 Å². The summed E-state index contributed by atoms with van der Waals surface area (Å²) in [5, 5.41) is 0. The molecule has 0 aliphatic heterocycles. The second-order valence-electron chi connectivity index (χ2n) is 3.99. The summed E-state index contributed by atoms with van der Waals surface area (Å²) in [7, 11) is 2.02. The lowest BCUT2D eigenvalue weighted by Gasteiger charge is -1.97.